The summed E-state index contributed by atoms with van der Waals surface area (Å²) in [6, 6.07) is 15.6. The zero-order valence-electron chi connectivity index (χ0n) is 20.2. The fourth-order valence-corrected chi connectivity index (χ4v) is 3.05. The molecule has 0 heterocycles. The molecule has 0 atom stereocenters. The molecule has 4 nitrogen and oxygen atoms in total. The van der Waals surface area contributed by atoms with E-state index in [1.807, 2.05) is 62.4 Å². The Kier molecular flexibility index (Phi) is 11.0. The van der Waals surface area contributed by atoms with Gasteiger partial charge in [-0.1, -0.05) is 60.4 Å². The lowest BCUT2D eigenvalue weighted by atomic mass is 10.0. The molecule has 2 aromatic rings. The Hall–Kier alpha value is -4.02. The second-order valence-corrected chi connectivity index (χ2v) is 7.45. The van der Waals surface area contributed by atoms with Gasteiger partial charge in [0.1, 0.15) is 0 Å². The highest BCUT2D eigenvalue weighted by Gasteiger charge is 2.11. The standard InChI is InChI=1S/C30H30O4/c1-5-33-29(31)27(21-25-17-13-11-15-23(25)3)19-9-7-8-10-20-28(30(32)34-6-2)22-26-18-14-12-16-24(26)4/h11-18,21-22H,5-6,19-20H2,1-4H3/b27-21+,28-22+. The summed E-state index contributed by atoms with van der Waals surface area (Å²) in [7, 11) is 0. The van der Waals surface area contributed by atoms with Crippen LogP contribution in [0.5, 0.6) is 0 Å². The van der Waals surface area contributed by atoms with Gasteiger partial charge in [-0.3, -0.25) is 0 Å². The van der Waals surface area contributed by atoms with Crippen molar-refractivity contribution in [2.24, 2.45) is 0 Å². The van der Waals surface area contributed by atoms with Crippen LogP contribution >= 0.6 is 0 Å². The number of esters is 2. The van der Waals surface area contributed by atoms with Gasteiger partial charge in [-0.15, -0.1) is 0 Å². The van der Waals surface area contributed by atoms with Crippen molar-refractivity contribution in [3.63, 3.8) is 0 Å². The quantitative estimate of drug-likeness (QED) is 0.292. The summed E-state index contributed by atoms with van der Waals surface area (Å²) < 4.78 is 10.3. The highest BCUT2D eigenvalue weighted by molar-refractivity contribution is 5.95. The van der Waals surface area contributed by atoms with Crippen LogP contribution in [0.15, 0.2) is 59.7 Å². The SMILES string of the molecule is CCOC(=O)/C(=C/c1ccccc1C)CC#CC#CC/C(=C\c1ccccc1C)C(=O)OCC. The van der Waals surface area contributed by atoms with E-state index in [4.69, 9.17) is 9.47 Å². The minimum atomic E-state index is -0.390. The smallest absolute Gasteiger partial charge is 0.334 e. The third-order valence-corrected chi connectivity index (χ3v) is 4.91. The van der Waals surface area contributed by atoms with Gasteiger partial charge in [0.15, 0.2) is 0 Å². The number of ether oxygens (including phenoxy) is 2. The van der Waals surface area contributed by atoms with E-state index in [2.05, 4.69) is 23.7 Å². The molecule has 0 spiro atoms. The molecule has 0 unspecified atom stereocenters. The maximum absolute atomic E-state index is 12.4. The van der Waals surface area contributed by atoms with Crippen molar-refractivity contribution in [1.29, 1.82) is 0 Å². The molecule has 2 rings (SSSR count). The minimum absolute atomic E-state index is 0.214. The lowest BCUT2D eigenvalue weighted by molar-refractivity contribution is -0.139. The second-order valence-electron chi connectivity index (χ2n) is 7.45. The molecule has 2 aromatic carbocycles. The van der Waals surface area contributed by atoms with E-state index in [-0.39, 0.29) is 12.8 Å². The lowest BCUT2D eigenvalue weighted by Crippen LogP contribution is -2.07. The Morgan fingerprint density at radius 3 is 1.44 bits per heavy atom. The molecule has 174 valence electrons. The van der Waals surface area contributed by atoms with E-state index in [0.29, 0.717) is 24.4 Å². The predicted octanol–water partition coefficient (Wildman–Crippen LogP) is 5.68. The van der Waals surface area contributed by atoms with E-state index < -0.39 is 11.9 Å². The van der Waals surface area contributed by atoms with Crippen LogP contribution in [0, 0.1) is 37.5 Å². The van der Waals surface area contributed by atoms with Crippen LogP contribution in [0.4, 0.5) is 0 Å². The molecule has 0 bridgehead atoms. The molecular formula is C30H30O4. The van der Waals surface area contributed by atoms with Gasteiger partial charge < -0.3 is 9.47 Å². The number of rotatable bonds is 8. The zero-order chi connectivity index (χ0) is 24.8. The molecule has 34 heavy (non-hydrogen) atoms. The van der Waals surface area contributed by atoms with Crippen LogP contribution in [-0.2, 0) is 19.1 Å². The van der Waals surface area contributed by atoms with Crippen molar-refractivity contribution in [2.75, 3.05) is 13.2 Å². The van der Waals surface area contributed by atoms with Crippen LogP contribution in [0.3, 0.4) is 0 Å². The maximum Gasteiger partial charge on any atom is 0.334 e. The second kappa shape index (κ2) is 14.2. The molecule has 0 aliphatic rings. The third kappa shape index (κ3) is 8.49. The Morgan fingerprint density at radius 2 is 1.09 bits per heavy atom. The summed E-state index contributed by atoms with van der Waals surface area (Å²) in [6.07, 6.45) is 4.04. The van der Waals surface area contributed by atoms with Gasteiger partial charge in [-0.25, -0.2) is 9.59 Å². The van der Waals surface area contributed by atoms with E-state index >= 15 is 0 Å². The Labute approximate surface area is 202 Å². The van der Waals surface area contributed by atoms with E-state index in [1.165, 1.54) is 0 Å². The van der Waals surface area contributed by atoms with Crippen molar-refractivity contribution < 1.29 is 19.1 Å². The summed E-state index contributed by atoms with van der Waals surface area (Å²) in [6.45, 7) is 8.09. The topological polar surface area (TPSA) is 52.6 Å². The molecule has 0 aliphatic heterocycles. The molecule has 0 amide bonds. The fraction of sp³-hybridized carbons (Fsp3) is 0.267. The normalized spacial score (nSPS) is 10.9. The van der Waals surface area contributed by atoms with Gasteiger partial charge in [-0.05, 0) is 73.9 Å². The van der Waals surface area contributed by atoms with Gasteiger partial charge >= 0.3 is 11.9 Å². The average Bonchev–Trinajstić information content (AvgIpc) is 2.82. The first-order valence-corrected chi connectivity index (χ1v) is 11.3. The molecule has 0 aliphatic carbocycles. The van der Waals surface area contributed by atoms with Gasteiger partial charge in [0.25, 0.3) is 0 Å². The number of carbonyl (C=O) groups is 2. The van der Waals surface area contributed by atoms with E-state index in [0.717, 1.165) is 22.3 Å². The van der Waals surface area contributed by atoms with Crippen molar-refractivity contribution in [1.82, 2.24) is 0 Å². The van der Waals surface area contributed by atoms with Gasteiger partial charge in [0.2, 0.25) is 0 Å². The largest absolute Gasteiger partial charge is 0.463 e. The van der Waals surface area contributed by atoms with Crippen molar-refractivity contribution in [3.05, 3.63) is 81.9 Å². The van der Waals surface area contributed by atoms with Crippen LogP contribution in [0.2, 0.25) is 0 Å². The first kappa shape index (κ1) is 26.2. The maximum atomic E-state index is 12.4. The number of hydrogen-bond donors (Lipinski definition) is 0. The van der Waals surface area contributed by atoms with E-state index in [1.54, 1.807) is 26.0 Å². The monoisotopic (exact) mass is 454 g/mol. The van der Waals surface area contributed by atoms with Crippen LogP contribution in [0.25, 0.3) is 12.2 Å². The lowest BCUT2D eigenvalue weighted by Gasteiger charge is -2.05. The average molecular weight is 455 g/mol. The van der Waals surface area contributed by atoms with Gasteiger partial charge in [0.05, 0.1) is 13.2 Å². The molecule has 0 N–H and O–H groups in total. The highest BCUT2D eigenvalue weighted by Crippen LogP contribution is 2.16. The van der Waals surface area contributed by atoms with Crippen LogP contribution in [0.1, 0.15) is 48.9 Å². The first-order chi connectivity index (χ1) is 16.5. The van der Waals surface area contributed by atoms with Crippen LogP contribution < -0.4 is 0 Å². The van der Waals surface area contributed by atoms with E-state index in [9.17, 15) is 9.59 Å². The van der Waals surface area contributed by atoms with Crippen LogP contribution in [-0.4, -0.2) is 25.2 Å². The number of aryl methyl sites for hydroxylation is 2. The van der Waals surface area contributed by atoms with Crippen molar-refractivity contribution in [2.45, 2.75) is 40.5 Å². The van der Waals surface area contributed by atoms with Gasteiger partial charge in [-0.2, -0.15) is 0 Å². The summed E-state index contributed by atoms with van der Waals surface area (Å²) in [5.74, 6) is 10.6. The first-order valence-electron chi connectivity index (χ1n) is 11.3. The Balaban J connectivity index is 2.17. The van der Waals surface area contributed by atoms with Crippen molar-refractivity contribution >= 4 is 24.1 Å². The highest BCUT2D eigenvalue weighted by atomic mass is 16.5. The summed E-state index contributed by atoms with van der Waals surface area (Å²) in [5, 5.41) is 0. The molecule has 0 saturated carbocycles. The fourth-order valence-electron chi connectivity index (χ4n) is 3.05. The summed E-state index contributed by atoms with van der Waals surface area (Å²) in [5.41, 5.74) is 4.94. The number of hydrogen-bond acceptors (Lipinski definition) is 4. The Bertz CT molecular complexity index is 1100. The number of carbonyl (C=O) groups excluding carboxylic acids is 2. The summed E-state index contributed by atoms with van der Waals surface area (Å²) >= 11 is 0. The third-order valence-electron chi connectivity index (χ3n) is 4.91. The Morgan fingerprint density at radius 1 is 0.706 bits per heavy atom. The summed E-state index contributed by atoms with van der Waals surface area (Å²) in [4.78, 5) is 24.7. The predicted molar refractivity (Wildman–Crippen MR) is 136 cm³/mol. The minimum Gasteiger partial charge on any atom is -0.463 e. The van der Waals surface area contributed by atoms with Gasteiger partial charge in [0, 0.05) is 24.0 Å². The zero-order valence-corrected chi connectivity index (χ0v) is 20.2. The molecule has 0 aromatic heterocycles. The molecule has 0 radical (unpaired) electrons. The molecule has 0 fully saturated rings. The van der Waals surface area contributed by atoms with Crippen molar-refractivity contribution in [3.8, 4) is 23.7 Å². The molecule has 4 heteroatoms. The number of benzene rings is 2. The molecule has 0 saturated heterocycles. The molecular weight excluding hydrogens is 424 g/mol.